The quantitative estimate of drug-likeness (QED) is 0.157. The van der Waals surface area contributed by atoms with Gasteiger partial charge in [0.2, 0.25) is 17.7 Å². The SMILES string of the molecule is C=CC(=C)S/C=C(\C/C=C\CC)C[C@@H](NC(=O)C1(N)CCNCC1)C(=O)N[C@H](C)NC(C)=O. The third-order valence-corrected chi connectivity index (χ3v) is 6.12. The second kappa shape index (κ2) is 14.7. The van der Waals surface area contributed by atoms with Crippen LogP contribution in [0.5, 0.6) is 0 Å². The number of nitrogens with one attached hydrogen (secondary N) is 4. The fraction of sp³-hybridized carbons (Fsp3) is 0.542. The average molecular weight is 478 g/mol. The molecule has 0 unspecified atom stereocenters. The van der Waals surface area contributed by atoms with Crippen LogP contribution >= 0.6 is 11.8 Å². The Morgan fingerprint density at radius 1 is 1.18 bits per heavy atom. The molecule has 184 valence electrons. The Morgan fingerprint density at radius 3 is 2.42 bits per heavy atom. The van der Waals surface area contributed by atoms with E-state index in [0.29, 0.717) is 38.8 Å². The number of amides is 3. The molecule has 0 radical (unpaired) electrons. The number of carbonyl (C=O) groups is 3. The largest absolute Gasteiger partial charge is 0.342 e. The van der Waals surface area contributed by atoms with E-state index in [9.17, 15) is 14.4 Å². The van der Waals surface area contributed by atoms with Crippen LogP contribution in [0, 0.1) is 0 Å². The second-order valence-electron chi connectivity index (χ2n) is 8.22. The molecular weight excluding hydrogens is 438 g/mol. The van der Waals surface area contributed by atoms with Gasteiger partial charge in [-0.25, -0.2) is 0 Å². The lowest BCUT2D eigenvalue weighted by Crippen LogP contribution is -2.62. The first-order chi connectivity index (χ1) is 15.6. The molecule has 0 spiro atoms. The van der Waals surface area contributed by atoms with Crippen molar-refractivity contribution in [3.63, 3.8) is 0 Å². The number of hydrogen-bond acceptors (Lipinski definition) is 6. The molecule has 6 N–H and O–H groups in total. The Labute approximate surface area is 202 Å². The summed E-state index contributed by atoms with van der Waals surface area (Å²) in [5.41, 5.74) is 6.30. The summed E-state index contributed by atoms with van der Waals surface area (Å²) in [6.45, 7) is 14.0. The highest BCUT2D eigenvalue weighted by atomic mass is 32.2. The van der Waals surface area contributed by atoms with Crippen molar-refractivity contribution in [2.24, 2.45) is 5.73 Å². The molecule has 0 aromatic heterocycles. The standard InChI is InChI=1S/C24H39N5O3S/c1-6-8-9-10-20(16-33-17(3)7-2)15-21(22(31)28-18(4)27-19(5)30)29-23(32)24(25)11-13-26-14-12-24/h7-9,16,18,21,26H,2-3,6,10-15,25H2,1,4-5H3,(H,27,30)(H,28,31)(H,29,32)/b9-8-,20-16+/t18-,21-/m1/s1. The summed E-state index contributed by atoms with van der Waals surface area (Å²) >= 11 is 1.42. The van der Waals surface area contributed by atoms with E-state index in [2.05, 4.69) is 40.5 Å². The molecule has 0 saturated carbocycles. The first kappa shape index (κ1) is 28.7. The fourth-order valence-electron chi connectivity index (χ4n) is 3.32. The van der Waals surface area contributed by atoms with Crippen LogP contribution in [0.2, 0.25) is 0 Å². The van der Waals surface area contributed by atoms with E-state index in [-0.39, 0.29) is 17.7 Å². The van der Waals surface area contributed by atoms with E-state index < -0.39 is 17.7 Å². The molecule has 2 atom stereocenters. The minimum Gasteiger partial charge on any atom is -0.342 e. The van der Waals surface area contributed by atoms with Gasteiger partial charge in [-0.15, -0.1) is 0 Å². The fourth-order valence-corrected chi connectivity index (χ4v) is 3.92. The van der Waals surface area contributed by atoms with Gasteiger partial charge in [0, 0.05) is 11.8 Å². The number of nitrogens with two attached hydrogens (primary N) is 1. The van der Waals surface area contributed by atoms with Crippen LogP contribution in [0.4, 0.5) is 0 Å². The highest BCUT2D eigenvalue weighted by molar-refractivity contribution is 8.06. The zero-order chi connectivity index (χ0) is 24.9. The second-order valence-corrected chi connectivity index (χ2v) is 9.21. The molecule has 1 fully saturated rings. The summed E-state index contributed by atoms with van der Waals surface area (Å²) in [6, 6.07) is -0.845. The van der Waals surface area contributed by atoms with Crippen molar-refractivity contribution >= 4 is 29.5 Å². The van der Waals surface area contributed by atoms with Gasteiger partial charge in [0.05, 0.1) is 11.7 Å². The van der Waals surface area contributed by atoms with Gasteiger partial charge in [-0.05, 0) is 57.5 Å². The molecule has 1 saturated heterocycles. The predicted octanol–water partition coefficient (Wildman–Crippen LogP) is 2.21. The minimum atomic E-state index is -1.02. The summed E-state index contributed by atoms with van der Waals surface area (Å²) in [4.78, 5) is 38.3. The maximum absolute atomic E-state index is 13.1. The number of hydrogen-bond donors (Lipinski definition) is 5. The molecule has 1 aliphatic heterocycles. The highest BCUT2D eigenvalue weighted by Crippen LogP contribution is 2.23. The predicted molar refractivity (Wildman–Crippen MR) is 136 cm³/mol. The molecule has 8 nitrogen and oxygen atoms in total. The van der Waals surface area contributed by atoms with Crippen molar-refractivity contribution in [3.05, 3.63) is 47.3 Å². The lowest BCUT2D eigenvalue weighted by molar-refractivity contribution is -0.133. The number of thioether (sulfide) groups is 1. The molecule has 1 aliphatic rings. The normalized spacial score (nSPS) is 17.6. The topological polar surface area (TPSA) is 125 Å². The Kier molecular flexibility index (Phi) is 12.8. The molecule has 33 heavy (non-hydrogen) atoms. The Bertz CT molecular complexity index is 772. The molecule has 0 aromatic carbocycles. The van der Waals surface area contributed by atoms with Crippen molar-refractivity contribution in [2.45, 2.75) is 70.6 Å². The number of rotatable bonds is 13. The highest BCUT2D eigenvalue weighted by Gasteiger charge is 2.37. The third kappa shape index (κ3) is 10.9. The van der Waals surface area contributed by atoms with Crippen LogP contribution in [-0.4, -0.2) is 48.6 Å². The number of carbonyl (C=O) groups excluding carboxylic acids is 3. The van der Waals surface area contributed by atoms with Crippen LogP contribution in [-0.2, 0) is 14.4 Å². The van der Waals surface area contributed by atoms with Crippen LogP contribution < -0.4 is 27.0 Å². The maximum atomic E-state index is 13.1. The smallest absolute Gasteiger partial charge is 0.244 e. The molecular formula is C24H39N5O3S. The molecule has 0 aliphatic carbocycles. The van der Waals surface area contributed by atoms with Gasteiger partial charge >= 0.3 is 0 Å². The molecule has 1 heterocycles. The molecule has 9 heteroatoms. The number of piperidine rings is 1. The van der Waals surface area contributed by atoms with Gasteiger partial charge < -0.3 is 27.0 Å². The van der Waals surface area contributed by atoms with Crippen LogP contribution in [0.1, 0.15) is 52.9 Å². The molecule has 3 amide bonds. The van der Waals surface area contributed by atoms with E-state index in [4.69, 9.17) is 5.73 Å². The van der Waals surface area contributed by atoms with Crippen molar-refractivity contribution in [3.8, 4) is 0 Å². The van der Waals surface area contributed by atoms with Crippen LogP contribution in [0.3, 0.4) is 0 Å². The average Bonchev–Trinajstić information content (AvgIpc) is 2.76. The maximum Gasteiger partial charge on any atom is 0.244 e. The van der Waals surface area contributed by atoms with E-state index in [1.807, 2.05) is 18.4 Å². The lowest BCUT2D eigenvalue weighted by Gasteiger charge is -2.34. The molecule has 1 rings (SSSR count). The Hall–Kier alpha value is -2.36. The van der Waals surface area contributed by atoms with Gasteiger partial charge in [-0.3, -0.25) is 14.4 Å². The molecule has 0 bridgehead atoms. The van der Waals surface area contributed by atoms with Gasteiger partial charge in [0.15, 0.2) is 0 Å². The van der Waals surface area contributed by atoms with Crippen molar-refractivity contribution in [1.82, 2.24) is 21.3 Å². The molecule has 0 aromatic rings. The van der Waals surface area contributed by atoms with Gasteiger partial charge in [0.1, 0.15) is 6.04 Å². The van der Waals surface area contributed by atoms with Gasteiger partial charge in [0.25, 0.3) is 0 Å². The zero-order valence-corrected chi connectivity index (χ0v) is 20.9. The van der Waals surface area contributed by atoms with E-state index in [1.54, 1.807) is 13.0 Å². The Morgan fingerprint density at radius 2 is 1.85 bits per heavy atom. The summed E-state index contributed by atoms with van der Waals surface area (Å²) in [6.07, 6.45) is 7.98. The summed E-state index contributed by atoms with van der Waals surface area (Å²) < 4.78 is 0. The first-order valence-electron chi connectivity index (χ1n) is 11.3. The van der Waals surface area contributed by atoms with Crippen molar-refractivity contribution < 1.29 is 14.4 Å². The third-order valence-electron chi connectivity index (χ3n) is 5.20. The van der Waals surface area contributed by atoms with Crippen LogP contribution in [0.25, 0.3) is 0 Å². The van der Waals surface area contributed by atoms with Gasteiger partial charge in [-0.2, -0.15) is 0 Å². The van der Waals surface area contributed by atoms with E-state index in [0.717, 1.165) is 16.9 Å². The summed E-state index contributed by atoms with van der Waals surface area (Å²) in [5, 5.41) is 13.4. The summed E-state index contributed by atoms with van der Waals surface area (Å²) in [5.74, 6) is -0.994. The summed E-state index contributed by atoms with van der Waals surface area (Å²) in [7, 11) is 0. The van der Waals surface area contributed by atoms with E-state index >= 15 is 0 Å². The number of allylic oxidation sites excluding steroid dienone is 3. The lowest BCUT2D eigenvalue weighted by atomic mass is 9.88. The first-order valence-corrected chi connectivity index (χ1v) is 12.2. The van der Waals surface area contributed by atoms with Gasteiger partial charge in [-0.1, -0.05) is 55.6 Å². The minimum absolute atomic E-state index is 0.261. The monoisotopic (exact) mass is 477 g/mol. The van der Waals surface area contributed by atoms with E-state index in [1.165, 1.54) is 18.7 Å². The van der Waals surface area contributed by atoms with Crippen molar-refractivity contribution in [1.29, 1.82) is 0 Å². The van der Waals surface area contributed by atoms with Crippen LogP contribution in [0.15, 0.2) is 47.3 Å². The Balaban J connectivity index is 3.09. The zero-order valence-electron chi connectivity index (χ0n) is 20.0. The van der Waals surface area contributed by atoms with Crippen molar-refractivity contribution in [2.75, 3.05) is 13.1 Å².